The fourth-order valence-corrected chi connectivity index (χ4v) is 3.17. The molecule has 1 saturated carbocycles. The molecular weight excluding hydrogens is 330 g/mol. The second-order valence-electron chi connectivity index (χ2n) is 6.01. The van der Waals surface area contributed by atoms with Gasteiger partial charge in [0.25, 0.3) is 0 Å². The highest BCUT2D eigenvalue weighted by atomic mass is 79.9. The quantitative estimate of drug-likeness (QED) is 0.782. The number of hydrogen-bond acceptors (Lipinski definition) is 3. The van der Waals surface area contributed by atoms with Crippen LogP contribution in [0.15, 0.2) is 28.7 Å². The third-order valence-corrected chi connectivity index (χ3v) is 4.82. The molecule has 1 aromatic carbocycles. The second kappa shape index (κ2) is 8.76. The minimum absolute atomic E-state index is 0.325. The number of aliphatic hydroxyl groups excluding tert-OH is 1. The van der Waals surface area contributed by atoms with Gasteiger partial charge in [-0.3, -0.25) is 0 Å². The molecule has 0 amide bonds. The monoisotopic (exact) mass is 355 g/mol. The zero-order chi connectivity index (χ0) is 15.1. The lowest BCUT2D eigenvalue weighted by atomic mass is 9.84. The van der Waals surface area contributed by atoms with Crippen LogP contribution in [-0.4, -0.2) is 30.4 Å². The van der Waals surface area contributed by atoms with Crippen molar-refractivity contribution < 1.29 is 9.84 Å². The second-order valence-corrected chi connectivity index (χ2v) is 6.93. The first-order chi connectivity index (χ1) is 10.1. The predicted molar refractivity (Wildman–Crippen MR) is 89.7 cm³/mol. The fourth-order valence-electron chi connectivity index (χ4n) is 2.90. The summed E-state index contributed by atoms with van der Waals surface area (Å²) in [5, 5.41) is 13.5. The van der Waals surface area contributed by atoms with Crippen molar-refractivity contribution in [1.82, 2.24) is 5.32 Å². The first kappa shape index (κ1) is 16.8. The van der Waals surface area contributed by atoms with Crippen LogP contribution in [0.5, 0.6) is 5.75 Å². The summed E-state index contributed by atoms with van der Waals surface area (Å²) in [6.45, 7) is 3.15. The summed E-state index contributed by atoms with van der Waals surface area (Å²) in [7, 11) is 0. The van der Waals surface area contributed by atoms with Crippen LogP contribution in [0.4, 0.5) is 0 Å². The molecule has 1 aliphatic rings. The van der Waals surface area contributed by atoms with Crippen LogP contribution >= 0.6 is 15.9 Å². The Morgan fingerprint density at radius 2 is 1.90 bits per heavy atom. The molecular formula is C17H26BrNO2. The fraction of sp³-hybridized carbons (Fsp3) is 0.647. The number of aliphatic hydroxyl groups is 1. The van der Waals surface area contributed by atoms with Gasteiger partial charge >= 0.3 is 0 Å². The van der Waals surface area contributed by atoms with E-state index < -0.39 is 6.10 Å². The number of nitrogens with one attached hydrogen (secondary N) is 1. The first-order valence-electron chi connectivity index (χ1n) is 7.95. The Kier molecular flexibility index (Phi) is 7.00. The van der Waals surface area contributed by atoms with Crippen molar-refractivity contribution >= 4 is 15.9 Å². The third kappa shape index (κ3) is 5.97. The predicted octanol–water partition coefficient (Wildman–Crippen LogP) is 3.75. The van der Waals surface area contributed by atoms with E-state index in [-0.39, 0.29) is 0 Å². The highest BCUT2D eigenvalue weighted by Crippen LogP contribution is 2.26. The molecule has 0 aliphatic heterocycles. The molecule has 1 fully saturated rings. The molecule has 4 heteroatoms. The number of ether oxygens (including phenoxy) is 1. The minimum atomic E-state index is -0.473. The van der Waals surface area contributed by atoms with Gasteiger partial charge in [-0.15, -0.1) is 0 Å². The van der Waals surface area contributed by atoms with Crippen LogP contribution < -0.4 is 10.1 Å². The Bertz CT molecular complexity index is 404. The van der Waals surface area contributed by atoms with Crippen molar-refractivity contribution in [3.05, 3.63) is 28.7 Å². The molecule has 0 heterocycles. The molecule has 1 aliphatic carbocycles. The van der Waals surface area contributed by atoms with E-state index in [0.29, 0.717) is 19.2 Å². The zero-order valence-electron chi connectivity index (χ0n) is 12.7. The van der Waals surface area contributed by atoms with Crippen LogP contribution in [0.3, 0.4) is 0 Å². The normalized spacial score (nSPS) is 19.2. The summed E-state index contributed by atoms with van der Waals surface area (Å²) in [6.07, 6.45) is 6.25. The van der Waals surface area contributed by atoms with Gasteiger partial charge in [0.05, 0.1) is 0 Å². The van der Waals surface area contributed by atoms with E-state index in [9.17, 15) is 5.11 Å². The van der Waals surface area contributed by atoms with E-state index in [2.05, 4.69) is 28.2 Å². The minimum Gasteiger partial charge on any atom is -0.491 e. The van der Waals surface area contributed by atoms with Crippen molar-refractivity contribution in [2.75, 3.05) is 13.2 Å². The van der Waals surface area contributed by atoms with E-state index >= 15 is 0 Å². The average molecular weight is 356 g/mol. The van der Waals surface area contributed by atoms with Gasteiger partial charge in [-0.1, -0.05) is 35.2 Å². The highest BCUT2D eigenvalue weighted by molar-refractivity contribution is 9.10. The summed E-state index contributed by atoms with van der Waals surface area (Å²) >= 11 is 3.39. The molecule has 0 radical (unpaired) electrons. The molecule has 0 aromatic heterocycles. The lowest BCUT2D eigenvalue weighted by molar-refractivity contribution is 0.100. The van der Waals surface area contributed by atoms with Crippen molar-refractivity contribution in [2.24, 2.45) is 5.92 Å². The van der Waals surface area contributed by atoms with Crippen LogP contribution in [-0.2, 0) is 0 Å². The van der Waals surface area contributed by atoms with Gasteiger partial charge < -0.3 is 15.2 Å². The molecule has 2 N–H and O–H groups in total. The van der Waals surface area contributed by atoms with Gasteiger partial charge in [-0.05, 0) is 49.9 Å². The number of hydrogen-bond donors (Lipinski definition) is 2. The van der Waals surface area contributed by atoms with Crippen LogP contribution in [0.25, 0.3) is 0 Å². The third-order valence-electron chi connectivity index (χ3n) is 4.29. The van der Waals surface area contributed by atoms with Gasteiger partial charge in [0.15, 0.2) is 0 Å². The van der Waals surface area contributed by atoms with E-state index in [1.165, 1.54) is 32.1 Å². The van der Waals surface area contributed by atoms with E-state index in [4.69, 9.17) is 4.74 Å². The van der Waals surface area contributed by atoms with Crippen LogP contribution in [0, 0.1) is 5.92 Å². The Hall–Kier alpha value is -0.580. The lowest BCUT2D eigenvalue weighted by Gasteiger charge is -2.29. The summed E-state index contributed by atoms with van der Waals surface area (Å²) in [5.74, 6) is 1.55. The molecule has 21 heavy (non-hydrogen) atoms. The maximum absolute atomic E-state index is 10.0. The summed E-state index contributed by atoms with van der Waals surface area (Å²) in [4.78, 5) is 0. The standard InChI is InChI=1S/C17H26BrNO2/c1-13(14-5-3-2-4-6-14)19-11-16(20)12-21-17-9-7-15(18)8-10-17/h7-10,13-14,16,19-20H,2-6,11-12H2,1H3. The molecule has 0 spiro atoms. The smallest absolute Gasteiger partial charge is 0.119 e. The van der Waals surface area contributed by atoms with Crippen molar-refractivity contribution in [2.45, 2.75) is 51.2 Å². The average Bonchev–Trinajstić information content (AvgIpc) is 2.53. The maximum atomic E-state index is 10.0. The Morgan fingerprint density at radius 1 is 1.24 bits per heavy atom. The Labute approximate surface area is 136 Å². The molecule has 2 rings (SSSR count). The maximum Gasteiger partial charge on any atom is 0.119 e. The van der Waals surface area contributed by atoms with Crippen molar-refractivity contribution in [3.63, 3.8) is 0 Å². The molecule has 3 nitrogen and oxygen atoms in total. The number of benzene rings is 1. The molecule has 118 valence electrons. The molecule has 2 atom stereocenters. The largest absolute Gasteiger partial charge is 0.491 e. The molecule has 0 saturated heterocycles. The Morgan fingerprint density at radius 3 is 2.57 bits per heavy atom. The lowest BCUT2D eigenvalue weighted by Crippen LogP contribution is -2.40. The zero-order valence-corrected chi connectivity index (χ0v) is 14.3. The van der Waals surface area contributed by atoms with Gasteiger partial charge in [0.2, 0.25) is 0 Å². The number of halogens is 1. The SMILES string of the molecule is CC(NCC(O)COc1ccc(Br)cc1)C1CCCCC1. The van der Waals surface area contributed by atoms with Gasteiger partial charge in [-0.2, -0.15) is 0 Å². The summed E-state index contributed by atoms with van der Waals surface area (Å²) in [5.41, 5.74) is 0. The number of rotatable bonds is 7. The first-order valence-corrected chi connectivity index (χ1v) is 8.74. The van der Waals surface area contributed by atoms with Gasteiger partial charge in [0.1, 0.15) is 18.5 Å². The summed E-state index contributed by atoms with van der Waals surface area (Å²) < 4.78 is 6.62. The van der Waals surface area contributed by atoms with E-state index in [1.54, 1.807) is 0 Å². The molecule has 1 aromatic rings. The van der Waals surface area contributed by atoms with Crippen molar-refractivity contribution in [1.29, 1.82) is 0 Å². The van der Waals surface area contributed by atoms with Crippen LogP contribution in [0.2, 0.25) is 0 Å². The highest BCUT2D eigenvalue weighted by Gasteiger charge is 2.20. The van der Waals surface area contributed by atoms with Gasteiger partial charge in [-0.25, -0.2) is 0 Å². The molecule has 0 bridgehead atoms. The summed E-state index contributed by atoms with van der Waals surface area (Å²) in [6, 6.07) is 8.15. The van der Waals surface area contributed by atoms with Crippen LogP contribution in [0.1, 0.15) is 39.0 Å². The topological polar surface area (TPSA) is 41.5 Å². The van der Waals surface area contributed by atoms with Crippen molar-refractivity contribution in [3.8, 4) is 5.75 Å². The Balaban J connectivity index is 1.64. The molecule has 2 unspecified atom stereocenters. The van der Waals surface area contributed by atoms with E-state index in [1.807, 2.05) is 24.3 Å². The van der Waals surface area contributed by atoms with E-state index in [0.717, 1.165) is 16.1 Å². The van der Waals surface area contributed by atoms with Gasteiger partial charge in [0, 0.05) is 17.1 Å².